The molecule has 0 aromatic rings. The van der Waals surface area contributed by atoms with Gasteiger partial charge in [-0.25, -0.2) is 0 Å². The molecule has 3 heteroatoms. The van der Waals surface area contributed by atoms with Crippen molar-refractivity contribution in [3.63, 3.8) is 0 Å². The molecule has 2 rings (SSSR count). The van der Waals surface area contributed by atoms with Gasteiger partial charge in [-0.05, 0) is 18.8 Å². The van der Waals surface area contributed by atoms with Gasteiger partial charge in [0.15, 0.2) is 0 Å². The van der Waals surface area contributed by atoms with Crippen LogP contribution in [0, 0.1) is 5.92 Å². The number of hydrogen-bond donors (Lipinski definition) is 2. The molecule has 1 heterocycles. The van der Waals surface area contributed by atoms with Crippen LogP contribution < -0.4 is 11.1 Å². The molecule has 0 bridgehead atoms. The summed E-state index contributed by atoms with van der Waals surface area (Å²) in [5.41, 5.74) is 5.92. The maximum absolute atomic E-state index is 11.1. The topological polar surface area (TPSA) is 55.1 Å². The minimum atomic E-state index is 0.115. The third kappa shape index (κ3) is 1.33. The Kier molecular flexibility index (Phi) is 2.05. The smallest absolute Gasteiger partial charge is 0.221 e. The number of nitrogens with one attached hydrogen (secondary N) is 1. The molecule has 3 N–H and O–H groups in total. The number of carbonyl (C=O) groups is 1. The van der Waals surface area contributed by atoms with Gasteiger partial charge in [0.1, 0.15) is 0 Å². The Labute approximate surface area is 72.7 Å². The van der Waals surface area contributed by atoms with Crippen molar-refractivity contribution in [3.8, 4) is 0 Å². The molecule has 3 nitrogen and oxygen atoms in total. The van der Waals surface area contributed by atoms with Crippen LogP contribution in [0.4, 0.5) is 0 Å². The van der Waals surface area contributed by atoms with Crippen molar-refractivity contribution in [3.05, 3.63) is 0 Å². The summed E-state index contributed by atoms with van der Waals surface area (Å²) in [4.78, 5) is 11.1. The van der Waals surface area contributed by atoms with E-state index in [-0.39, 0.29) is 11.9 Å². The predicted molar refractivity (Wildman–Crippen MR) is 46.5 cm³/mol. The molecule has 1 saturated heterocycles. The van der Waals surface area contributed by atoms with Gasteiger partial charge >= 0.3 is 0 Å². The van der Waals surface area contributed by atoms with Crippen LogP contribution in [0.25, 0.3) is 0 Å². The van der Waals surface area contributed by atoms with Crippen molar-refractivity contribution in [1.82, 2.24) is 5.32 Å². The Morgan fingerprint density at radius 1 is 1.33 bits per heavy atom. The molecule has 1 aliphatic heterocycles. The molecule has 1 saturated carbocycles. The summed E-state index contributed by atoms with van der Waals surface area (Å²) >= 11 is 0. The Balaban J connectivity index is 2.06. The van der Waals surface area contributed by atoms with Crippen molar-refractivity contribution in [1.29, 1.82) is 0 Å². The first-order valence-electron chi connectivity index (χ1n) is 4.82. The lowest BCUT2D eigenvalue weighted by Gasteiger charge is -2.39. The van der Waals surface area contributed by atoms with E-state index in [9.17, 15) is 4.79 Å². The zero-order valence-corrected chi connectivity index (χ0v) is 7.25. The highest BCUT2D eigenvalue weighted by Gasteiger charge is 2.35. The van der Waals surface area contributed by atoms with E-state index in [1.54, 1.807) is 0 Å². The maximum Gasteiger partial charge on any atom is 0.221 e. The lowest BCUT2D eigenvalue weighted by Crippen LogP contribution is -2.55. The van der Waals surface area contributed by atoms with Gasteiger partial charge < -0.3 is 11.1 Å². The molecule has 0 radical (unpaired) electrons. The normalized spacial score (nSPS) is 41.8. The van der Waals surface area contributed by atoms with Crippen LogP contribution in [0.3, 0.4) is 0 Å². The summed E-state index contributed by atoms with van der Waals surface area (Å²) in [6.45, 7) is 0. The van der Waals surface area contributed by atoms with Crippen molar-refractivity contribution in [2.45, 2.75) is 44.2 Å². The number of fused-ring (bicyclic) bond motifs is 1. The van der Waals surface area contributed by atoms with Gasteiger partial charge in [-0.15, -0.1) is 0 Å². The molecule has 2 fully saturated rings. The highest BCUT2D eigenvalue weighted by molar-refractivity contribution is 5.78. The Hall–Kier alpha value is -0.570. The molecular formula is C9H16N2O. The first-order chi connectivity index (χ1) is 5.77. The van der Waals surface area contributed by atoms with Crippen LogP contribution >= 0.6 is 0 Å². The van der Waals surface area contributed by atoms with Crippen LogP contribution in [0.1, 0.15) is 32.1 Å². The quantitative estimate of drug-likeness (QED) is 0.550. The Bertz CT molecular complexity index is 193. The fourth-order valence-electron chi connectivity index (χ4n) is 2.48. The zero-order valence-electron chi connectivity index (χ0n) is 7.25. The predicted octanol–water partition coefficient (Wildman–Crippen LogP) is 0.392. The number of hydrogen-bond acceptors (Lipinski definition) is 2. The first kappa shape index (κ1) is 8.05. The van der Waals surface area contributed by atoms with Crippen molar-refractivity contribution >= 4 is 5.91 Å². The molecule has 68 valence electrons. The van der Waals surface area contributed by atoms with E-state index >= 15 is 0 Å². The van der Waals surface area contributed by atoms with Crippen molar-refractivity contribution < 1.29 is 4.79 Å². The van der Waals surface area contributed by atoms with Crippen LogP contribution in [0.5, 0.6) is 0 Å². The fourth-order valence-corrected chi connectivity index (χ4v) is 2.48. The molecule has 1 aliphatic carbocycles. The van der Waals surface area contributed by atoms with E-state index in [1.807, 2.05) is 0 Å². The maximum atomic E-state index is 11.1. The average molecular weight is 168 g/mol. The number of piperidine rings is 1. The highest BCUT2D eigenvalue weighted by Crippen LogP contribution is 2.29. The van der Waals surface area contributed by atoms with Gasteiger partial charge in [-0.1, -0.05) is 12.8 Å². The summed E-state index contributed by atoms with van der Waals surface area (Å²) < 4.78 is 0. The summed E-state index contributed by atoms with van der Waals surface area (Å²) in [7, 11) is 0. The molecule has 2 aliphatic rings. The third-order valence-corrected chi connectivity index (χ3v) is 3.14. The summed E-state index contributed by atoms with van der Waals surface area (Å²) in [6, 6.07) is 0.499. The van der Waals surface area contributed by atoms with Crippen LogP contribution in [-0.2, 0) is 4.79 Å². The largest absolute Gasteiger partial charge is 0.353 e. The minimum Gasteiger partial charge on any atom is -0.353 e. The second kappa shape index (κ2) is 3.05. The summed E-state index contributed by atoms with van der Waals surface area (Å²) in [6.07, 6.45) is 5.39. The standard InChI is InChI=1S/C9H16N2O/c10-7-5-9(12)11-8-4-2-1-3-6(7)8/h6-8H,1-5,10H2,(H,11,12). The van der Waals surface area contributed by atoms with Gasteiger partial charge in [0.05, 0.1) is 0 Å². The number of amides is 1. The first-order valence-corrected chi connectivity index (χ1v) is 4.82. The number of rotatable bonds is 0. The molecular weight excluding hydrogens is 152 g/mol. The van der Waals surface area contributed by atoms with E-state index in [0.717, 1.165) is 6.42 Å². The minimum absolute atomic E-state index is 0.115. The van der Waals surface area contributed by atoms with E-state index in [1.165, 1.54) is 19.3 Å². The lowest BCUT2D eigenvalue weighted by atomic mass is 9.76. The molecule has 0 spiro atoms. The number of nitrogens with two attached hydrogens (primary N) is 1. The van der Waals surface area contributed by atoms with Crippen LogP contribution in [-0.4, -0.2) is 18.0 Å². The molecule has 0 aromatic carbocycles. The SMILES string of the molecule is NC1CC(=O)NC2CCCCC12. The molecule has 1 amide bonds. The molecule has 3 atom stereocenters. The van der Waals surface area contributed by atoms with Gasteiger partial charge in [-0.2, -0.15) is 0 Å². The second-order valence-electron chi connectivity index (χ2n) is 3.99. The van der Waals surface area contributed by atoms with Gasteiger partial charge in [-0.3, -0.25) is 4.79 Å². The second-order valence-corrected chi connectivity index (χ2v) is 3.99. The van der Waals surface area contributed by atoms with E-state index < -0.39 is 0 Å². The summed E-state index contributed by atoms with van der Waals surface area (Å²) in [5, 5.41) is 3.03. The van der Waals surface area contributed by atoms with E-state index in [0.29, 0.717) is 18.4 Å². The molecule has 12 heavy (non-hydrogen) atoms. The van der Waals surface area contributed by atoms with E-state index in [4.69, 9.17) is 5.73 Å². The fraction of sp³-hybridized carbons (Fsp3) is 0.889. The third-order valence-electron chi connectivity index (χ3n) is 3.14. The number of carbonyl (C=O) groups excluding carboxylic acids is 1. The van der Waals surface area contributed by atoms with Crippen LogP contribution in [0.15, 0.2) is 0 Å². The zero-order chi connectivity index (χ0) is 8.55. The van der Waals surface area contributed by atoms with E-state index in [2.05, 4.69) is 5.32 Å². The Morgan fingerprint density at radius 3 is 2.92 bits per heavy atom. The van der Waals surface area contributed by atoms with Crippen LogP contribution in [0.2, 0.25) is 0 Å². The van der Waals surface area contributed by atoms with Gasteiger partial charge in [0.2, 0.25) is 5.91 Å². The van der Waals surface area contributed by atoms with Crippen molar-refractivity contribution in [2.24, 2.45) is 11.7 Å². The monoisotopic (exact) mass is 168 g/mol. The lowest BCUT2D eigenvalue weighted by molar-refractivity contribution is -0.125. The summed E-state index contributed by atoms with van der Waals surface area (Å²) in [5.74, 6) is 0.696. The molecule has 0 aromatic heterocycles. The van der Waals surface area contributed by atoms with Gasteiger partial charge in [0.25, 0.3) is 0 Å². The van der Waals surface area contributed by atoms with Gasteiger partial charge in [0, 0.05) is 18.5 Å². The average Bonchev–Trinajstić information content (AvgIpc) is 2.04. The molecule has 3 unspecified atom stereocenters. The Morgan fingerprint density at radius 2 is 2.08 bits per heavy atom. The van der Waals surface area contributed by atoms with Crippen molar-refractivity contribution in [2.75, 3.05) is 0 Å². The highest BCUT2D eigenvalue weighted by atomic mass is 16.1.